The molecule has 4 amide bonds. The summed E-state index contributed by atoms with van der Waals surface area (Å²) in [5, 5.41) is 5.60. The number of nitrogens with two attached hydrogens (primary N) is 1. The molecule has 9 nitrogen and oxygen atoms in total. The van der Waals surface area contributed by atoms with Crippen molar-refractivity contribution < 1.29 is 23.9 Å². The minimum Gasteiger partial charge on any atom is -0.444 e. The van der Waals surface area contributed by atoms with Crippen molar-refractivity contribution in [2.75, 3.05) is 0 Å². The van der Waals surface area contributed by atoms with Gasteiger partial charge in [-0.2, -0.15) is 0 Å². The van der Waals surface area contributed by atoms with E-state index >= 15 is 0 Å². The molecule has 38 heavy (non-hydrogen) atoms. The smallest absolute Gasteiger partial charge is 0.408 e. The van der Waals surface area contributed by atoms with Gasteiger partial charge in [0.25, 0.3) is 0 Å². The van der Waals surface area contributed by atoms with E-state index in [1.807, 2.05) is 52.0 Å². The van der Waals surface area contributed by atoms with Gasteiger partial charge in [0.05, 0.1) is 0 Å². The molecule has 1 rings (SSSR count). The number of benzene rings is 1. The molecule has 1 aromatic carbocycles. The maximum absolute atomic E-state index is 14.3. The average Bonchev–Trinajstić information content (AvgIpc) is 2.77. The number of rotatable bonds is 13. The highest BCUT2D eigenvalue weighted by Crippen LogP contribution is 2.30. The third-order valence-corrected chi connectivity index (χ3v) is 6.00. The molecule has 1 aromatic rings. The second-order valence-corrected chi connectivity index (χ2v) is 11.7. The Bertz CT molecular complexity index is 955. The SMILES string of the molecule is Cc1ccccc1C(C(=O)NC(C)C)N(C(=O)C(CCC(N)=O)NC(=O)OC(C)(C)C)C(C)CCC(C)C. The Morgan fingerprint density at radius 2 is 1.55 bits per heavy atom. The molecule has 0 heterocycles. The van der Waals surface area contributed by atoms with E-state index in [2.05, 4.69) is 24.5 Å². The van der Waals surface area contributed by atoms with Gasteiger partial charge in [0, 0.05) is 18.5 Å². The van der Waals surface area contributed by atoms with Crippen LogP contribution in [0.4, 0.5) is 4.79 Å². The number of aryl methyl sites for hydroxylation is 1. The number of primary amides is 1. The molecule has 0 saturated carbocycles. The molecule has 0 radical (unpaired) electrons. The van der Waals surface area contributed by atoms with Crippen molar-refractivity contribution >= 4 is 23.8 Å². The number of hydrogen-bond acceptors (Lipinski definition) is 5. The summed E-state index contributed by atoms with van der Waals surface area (Å²) in [7, 11) is 0. The maximum Gasteiger partial charge on any atom is 0.408 e. The summed E-state index contributed by atoms with van der Waals surface area (Å²) in [6.07, 6.45) is 0.563. The van der Waals surface area contributed by atoms with Crippen LogP contribution in [0.3, 0.4) is 0 Å². The maximum atomic E-state index is 14.3. The predicted octanol–water partition coefficient (Wildman–Crippen LogP) is 4.37. The summed E-state index contributed by atoms with van der Waals surface area (Å²) in [6, 6.07) is 4.91. The third kappa shape index (κ3) is 11.1. The number of carbonyl (C=O) groups is 4. The molecule has 4 N–H and O–H groups in total. The van der Waals surface area contributed by atoms with E-state index < -0.39 is 35.6 Å². The standard InChI is InChI=1S/C29H48N4O5/c1-18(2)14-15-21(6)33(25(26(35)31-19(3)4)22-13-11-10-12-20(22)5)27(36)23(16-17-24(30)34)32-28(37)38-29(7,8)9/h10-13,18-19,21,23,25H,14-17H2,1-9H3,(H2,30,34)(H,31,35)(H,32,37). The number of ether oxygens (including phenoxy) is 1. The Balaban J connectivity index is 3.64. The molecule has 9 heteroatoms. The van der Waals surface area contributed by atoms with Crippen LogP contribution in [0.25, 0.3) is 0 Å². The fourth-order valence-electron chi connectivity index (χ4n) is 4.16. The zero-order chi connectivity index (χ0) is 29.2. The van der Waals surface area contributed by atoms with Crippen molar-refractivity contribution in [1.82, 2.24) is 15.5 Å². The van der Waals surface area contributed by atoms with Crippen LogP contribution in [0.2, 0.25) is 0 Å². The van der Waals surface area contributed by atoms with Gasteiger partial charge in [0.2, 0.25) is 17.7 Å². The topological polar surface area (TPSA) is 131 Å². The first-order valence-electron chi connectivity index (χ1n) is 13.5. The lowest BCUT2D eigenvalue weighted by Crippen LogP contribution is -2.56. The molecule has 3 atom stereocenters. The highest BCUT2D eigenvalue weighted by molar-refractivity contribution is 5.93. The minimum absolute atomic E-state index is 0.0207. The van der Waals surface area contributed by atoms with Gasteiger partial charge in [0.15, 0.2) is 0 Å². The zero-order valence-corrected chi connectivity index (χ0v) is 24.6. The van der Waals surface area contributed by atoms with Crippen LogP contribution >= 0.6 is 0 Å². The van der Waals surface area contributed by atoms with Gasteiger partial charge < -0.3 is 26.0 Å². The third-order valence-electron chi connectivity index (χ3n) is 6.00. The van der Waals surface area contributed by atoms with Gasteiger partial charge in [-0.1, -0.05) is 38.1 Å². The van der Waals surface area contributed by atoms with Gasteiger partial charge in [-0.25, -0.2) is 4.79 Å². The average molecular weight is 533 g/mol. The van der Waals surface area contributed by atoms with Crippen molar-refractivity contribution in [3.63, 3.8) is 0 Å². The summed E-state index contributed by atoms with van der Waals surface area (Å²) in [5.74, 6) is -0.993. The number of nitrogens with zero attached hydrogens (tertiary/aromatic N) is 1. The first-order chi connectivity index (χ1) is 17.5. The molecule has 0 aliphatic heterocycles. The molecular formula is C29H48N4O5. The van der Waals surface area contributed by atoms with Gasteiger partial charge in [-0.3, -0.25) is 14.4 Å². The van der Waals surface area contributed by atoms with Crippen LogP contribution < -0.4 is 16.4 Å². The predicted molar refractivity (Wildman–Crippen MR) is 149 cm³/mol. The summed E-state index contributed by atoms with van der Waals surface area (Å²) in [5.41, 5.74) is 6.16. The fraction of sp³-hybridized carbons (Fsp3) is 0.655. The van der Waals surface area contributed by atoms with Crippen LogP contribution in [0, 0.1) is 12.8 Å². The largest absolute Gasteiger partial charge is 0.444 e. The Morgan fingerprint density at radius 1 is 0.947 bits per heavy atom. The van der Waals surface area contributed by atoms with Crippen molar-refractivity contribution in [3.8, 4) is 0 Å². The van der Waals surface area contributed by atoms with E-state index in [4.69, 9.17) is 10.5 Å². The Labute approximate surface area is 228 Å². The van der Waals surface area contributed by atoms with Crippen LogP contribution in [-0.4, -0.2) is 52.4 Å². The molecule has 0 aliphatic carbocycles. The minimum atomic E-state index is -1.11. The van der Waals surface area contributed by atoms with Gasteiger partial charge in [0.1, 0.15) is 17.7 Å². The highest BCUT2D eigenvalue weighted by Gasteiger charge is 2.39. The van der Waals surface area contributed by atoms with E-state index in [0.29, 0.717) is 17.9 Å². The normalized spacial score (nSPS) is 14.0. The first kappa shape index (κ1) is 32.9. The number of nitrogens with one attached hydrogen (secondary N) is 2. The van der Waals surface area contributed by atoms with Gasteiger partial charge in [-0.15, -0.1) is 0 Å². The molecule has 0 aliphatic rings. The fourth-order valence-corrected chi connectivity index (χ4v) is 4.16. The molecule has 214 valence electrons. The van der Waals surface area contributed by atoms with Crippen LogP contribution in [0.1, 0.15) is 98.2 Å². The van der Waals surface area contributed by atoms with Gasteiger partial charge >= 0.3 is 6.09 Å². The molecule has 0 aromatic heterocycles. The monoisotopic (exact) mass is 532 g/mol. The zero-order valence-electron chi connectivity index (χ0n) is 24.6. The lowest BCUT2D eigenvalue weighted by Gasteiger charge is -2.39. The first-order valence-corrected chi connectivity index (χ1v) is 13.5. The molecule has 0 saturated heterocycles. The van der Waals surface area contributed by atoms with E-state index in [0.717, 1.165) is 12.0 Å². The quantitative estimate of drug-likeness (QED) is 0.347. The number of amides is 4. The van der Waals surface area contributed by atoms with Crippen molar-refractivity contribution in [3.05, 3.63) is 35.4 Å². The molecule has 3 unspecified atom stereocenters. The lowest BCUT2D eigenvalue weighted by atomic mass is 9.94. The lowest BCUT2D eigenvalue weighted by molar-refractivity contribution is -0.145. The summed E-state index contributed by atoms with van der Waals surface area (Å²) >= 11 is 0. The van der Waals surface area contributed by atoms with Gasteiger partial charge in [-0.05, 0) is 84.8 Å². The van der Waals surface area contributed by atoms with Crippen LogP contribution in [-0.2, 0) is 19.1 Å². The highest BCUT2D eigenvalue weighted by atomic mass is 16.6. The molecule has 0 bridgehead atoms. The second-order valence-electron chi connectivity index (χ2n) is 11.7. The van der Waals surface area contributed by atoms with Crippen LogP contribution in [0.15, 0.2) is 24.3 Å². The van der Waals surface area contributed by atoms with E-state index in [1.165, 1.54) is 0 Å². The second kappa shape index (κ2) is 14.7. The Kier molecular flexibility index (Phi) is 12.8. The van der Waals surface area contributed by atoms with Crippen molar-refractivity contribution in [2.24, 2.45) is 11.7 Å². The summed E-state index contributed by atoms with van der Waals surface area (Å²) in [6.45, 7) is 16.9. The van der Waals surface area contributed by atoms with E-state index in [-0.39, 0.29) is 30.8 Å². The Morgan fingerprint density at radius 3 is 2.05 bits per heavy atom. The summed E-state index contributed by atoms with van der Waals surface area (Å²) in [4.78, 5) is 53.9. The number of carbonyl (C=O) groups excluding carboxylic acids is 4. The Hall–Kier alpha value is -3.10. The number of alkyl carbamates (subject to hydrolysis) is 1. The van der Waals surface area contributed by atoms with Crippen molar-refractivity contribution in [2.45, 2.75) is 118 Å². The van der Waals surface area contributed by atoms with E-state index in [1.54, 1.807) is 25.7 Å². The summed E-state index contributed by atoms with van der Waals surface area (Å²) < 4.78 is 5.39. The van der Waals surface area contributed by atoms with Crippen LogP contribution in [0.5, 0.6) is 0 Å². The van der Waals surface area contributed by atoms with Crippen molar-refractivity contribution in [1.29, 1.82) is 0 Å². The molecule has 0 fully saturated rings. The number of hydrogen-bond donors (Lipinski definition) is 3. The molecular weight excluding hydrogens is 484 g/mol. The molecule has 0 spiro atoms. The van der Waals surface area contributed by atoms with E-state index in [9.17, 15) is 19.2 Å².